The minimum atomic E-state index is 0. The van der Waals surface area contributed by atoms with Gasteiger partial charge in [0.1, 0.15) is 0 Å². The number of quaternary nitrogens is 2. The van der Waals surface area contributed by atoms with Crippen molar-refractivity contribution >= 4 is 0 Å². The molecule has 31 heavy (non-hydrogen) atoms. The molecule has 0 aliphatic carbocycles. The van der Waals surface area contributed by atoms with Gasteiger partial charge < -0.3 is 53.1 Å². The first-order valence-electron chi connectivity index (χ1n) is 13.2. The summed E-state index contributed by atoms with van der Waals surface area (Å²) < 4.78 is 2.72. The molecule has 0 radical (unpaired) electrons. The first kappa shape index (κ1) is 28.0. The van der Waals surface area contributed by atoms with Gasteiger partial charge in [0.05, 0.1) is 64.6 Å². The zero-order valence-corrected chi connectivity index (χ0v) is 22.9. The van der Waals surface area contributed by atoms with Crippen molar-refractivity contribution in [2.24, 2.45) is 11.8 Å². The van der Waals surface area contributed by atoms with Crippen LogP contribution in [0.15, 0.2) is 0 Å². The Balaban J connectivity index is 0.00000171. The van der Waals surface area contributed by atoms with Crippen molar-refractivity contribution in [1.82, 2.24) is 0 Å². The normalized spacial score (nSPS) is 38.5. The lowest BCUT2D eigenvalue weighted by molar-refractivity contribution is -0.929. The number of unbranched alkanes of at least 4 members (excludes halogenated alkanes) is 6. The topological polar surface area (TPSA) is 40.5 Å². The van der Waals surface area contributed by atoms with Gasteiger partial charge in [-0.1, -0.05) is 19.3 Å². The maximum absolute atomic E-state index is 9.66. The molecule has 4 aliphatic heterocycles. The SMILES string of the molecule is OC[C@@H]1CC[N+]2(CCCCCCCCC[N+]34CCC[C@@H]3[C@H](CO)CC4)CCC[C@H]12.[Br-].[Br-]. The minimum Gasteiger partial charge on any atom is -1.00 e. The Morgan fingerprint density at radius 1 is 0.516 bits per heavy atom. The molecule has 4 heterocycles. The summed E-state index contributed by atoms with van der Waals surface area (Å²) in [6.07, 6.45) is 17.9. The van der Waals surface area contributed by atoms with Crippen molar-refractivity contribution in [1.29, 1.82) is 0 Å². The molecular weight excluding hydrogens is 520 g/mol. The maximum atomic E-state index is 9.66. The van der Waals surface area contributed by atoms with E-state index in [9.17, 15) is 10.2 Å². The quantitative estimate of drug-likeness (QED) is 0.206. The highest BCUT2D eigenvalue weighted by atomic mass is 79.9. The molecule has 4 rings (SSSR count). The van der Waals surface area contributed by atoms with E-state index in [1.807, 2.05) is 0 Å². The van der Waals surface area contributed by atoms with Crippen molar-refractivity contribution in [3.63, 3.8) is 0 Å². The van der Waals surface area contributed by atoms with E-state index < -0.39 is 0 Å². The van der Waals surface area contributed by atoms with Crippen molar-refractivity contribution in [2.45, 2.75) is 95.6 Å². The van der Waals surface area contributed by atoms with Crippen LogP contribution in [0.4, 0.5) is 0 Å². The summed E-state index contributed by atoms with van der Waals surface area (Å²) in [7, 11) is 0. The first-order chi connectivity index (χ1) is 14.2. The molecule has 4 saturated heterocycles. The van der Waals surface area contributed by atoms with Crippen LogP contribution in [0.3, 0.4) is 0 Å². The van der Waals surface area contributed by atoms with Crippen molar-refractivity contribution in [3.8, 4) is 0 Å². The molecular formula is C25H48Br2N2O2. The molecule has 2 unspecified atom stereocenters. The molecule has 0 spiro atoms. The monoisotopic (exact) mass is 566 g/mol. The van der Waals surface area contributed by atoms with Gasteiger partial charge in [-0.3, -0.25) is 0 Å². The Morgan fingerprint density at radius 3 is 1.29 bits per heavy atom. The summed E-state index contributed by atoms with van der Waals surface area (Å²) in [5.41, 5.74) is 0. The molecule has 2 N–H and O–H groups in total. The largest absolute Gasteiger partial charge is 1.00 e. The zero-order valence-electron chi connectivity index (χ0n) is 19.7. The third-order valence-corrected chi connectivity index (χ3v) is 9.77. The fourth-order valence-corrected chi connectivity index (χ4v) is 8.20. The second kappa shape index (κ2) is 13.0. The van der Waals surface area contributed by atoms with Gasteiger partial charge in [0.2, 0.25) is 0 Å². The summed E-state index contributed by atoms with van der Waals surface area (Å²) in [4.78, 5) is 0. The van der Waals surface area contributed by atoms with Crippen LogP contribution in [-0.4, -0.2) is 83.7 Å². The fourth-order valence-electron chi connectivity index (χ4n) is 8.20. The predicted molar refractivity (Wildman–Crippen MR) is 118 cm³/mol. The average molecular weight is 568 g/mol. The minimum absolute atomic E-state index is 0. The van der Waals surface area contributed by atoms with E-state index in [2.05, 4.69) is 0 Å². The molecule has 4 fully saturated rings. The van der Waals surface area contributed by atoms with Crippen LogP contribution in [-0.2, 0) is 0 Å². The lowest BCUT2D eigenvalue weighted by Gasteiger charge is -2.36. The Morgan fingerprint density at radius 2 is 0.903 bits per heavy atom. The summed E-state index contributed by atoms with van der Waals surface area (Å²) in [5, 5.41) is 19.3. The molecule has 0 amide bonds. The maximum Gasteiger partial charge on any atom is 0.0945 e. The predicted octanol–water partition coefficient (Wildman–Crippen LogP) is -2.29. The van der Waals surface area contributed by atoms with Crippen LogP contribution in [0.5, 0.6) is 0 Å². The smallest absolute Gasteiger partial charge is 0.0945 e. The third-order valence-electron chi connectivity index (χ3n) is 9.77. The number of aliphatic hydroxyl groups is 2. The molecule has 4 aliphatic rings. The molecule has 0 aromatic rings. The van der Waals surface area contributed by atoms with Gasteiger partial charge in [-0.15, -0.1) is 0 Å². The number of rotatable bonds is 12. The summed E-state index contributed by atoms with van der Waals surface area (Å²) in [5.74, 6) is 1.20. The van der Waals surface area contributed by atoms with Crippen molar-refractivity contribution in [3.05, 3.63) is 0 Å². The lowest BCUT2D eigenvalue weighted by atomic mass is 9.99. The third kappa shape index (κ3) is 6.08. The fraction of sp³-hybridized carbons (Fsp3) is 1.00. The van der Waals surface area contributed by atoms with Gasteiger partial charge >= 0.3 is 0 Å². The highest BCUT2D eigenvalue weighted by Crippen LogP contribution is 2.41. The van der Waals surface area contributed by atoms with Crippen LogP contribution < -0.4 is 34.0 Å². The van der Waals surface area contributed by atoms with Gasteiger partial charge in [-0.25, -0.2) is 0 Å². The molecule has 0 aromatic carbocycles. The van der Waals surface area contributed by atoms with Gasteiger partial charge in [0.25, 0.3) is 0 Å². The van der Waals surface area contributed by atoms with E-state index in [1.54, 1.807) is 0 Å². The molecule has 0 saturated carbocycles. The molecule has 0 aromatic heterocycles. The van der Waals surface area contributed by atoms with Crippen LogP contribution in [0, 0.1) is 11.8 Å². The van der Waals surface area contributed by atoms with Gasteiger partial charge in [-0.2, -0.15) is 0 Å². The summed E-state index contributed by atoms with van der Waals surface area (Å²) in [6.45, 7) is 9.07. The van der Waals surface area contributed by atoms with E-state index in [0.29, 0.717) is 25.0 Å². The summed E-state index contributed by atoms with van der Waals surface area (Å²) >= 11 is 0. The van der Waals surface area contributed by atoms with Crippen LogP contribution in [0.2, 0.25) is 0 Å². The standard InChI is InChI=1S/C25H48N2O2.2BrH/c28-20-22-12-18-26(16-8-10-24(22)26)14-6-4-2-1-3-5-7-15-27-17-9-11-25(27)23(21-29)13-19-27;;/h22-25,28-29H,1-21H2;2*1H/q+2;;/p-2/t22-,23-,24+,25+,26?,27?;;/m0../s1. The zero-order chi connectivity index (χ0) is 20.2. The second-order valence-electron chi connectivity index (χ2n) is 11.1. The van der Waals surface area contributed by atoms with Crippen LogP contribution >= 0.6 is 0 Å². The van der Waals surface area contributed by atoms with E-state index in [0.717, 1.165) is 12.1 Å². The lowest BCUT2D eigenvalue weighted by Crippen LogP contribution is -3.00. The van der Waals surface area contributed by atoms with Crippen LogP contribution in [0.25, 0.3) is 0 Å². The highest BCUT2D eigenvalue weighted by Gasteiger charge is 2.51. The van der Waals surface area contributed by atoms with Crippen molar-refractivity contribution in [2.75, 3.05) is 52.5 Å². The Kier molecular flexibility index (Phi) is 11.8. The van der Waals surface area contributed by atoms with Gasteiger partial charge in [0.15, 0.2) is 0 Å². The van der Waals surface area contributed by atoms with E-state index in [-0.39, 0.29) is 34.0 Å². The first-order valence-corrected chi connectivity index (χ1v) is 13.2. The summed E-state index contributed by atoms with van der Waals surface area (Å²) in [6, 6.07) is 1.58. The number of hydrogen-bond donors (Lipinski definition) is 2. The van der Waals surface area contributed by atoms with Gasteiger partial charge in [-0.05, 0) is 25.7 Å². The second-order valence-corrected chi connectivity index (χ2v) is 11.1. The number of nitrogens with zero attached hydrogens (tertiary/aromatic N) is 2. The van der Waals surface area contributed by atoms with Crippen molar-refractivity contribution < 1.29 is 53.1 Å². The molecule has 184 valence electrons. The highest BCUT2D eigenvalue weighted by molar-refractivity contribution is 4.83. The molecule has 4 nitrogen and oxygen atoms in total. The average Bonchev–Trinajstić information content (AvgIpc) is 3.46. The molecule has 6 atom stereocenters. The van der Waals surface area contributed by atoms with Crippen LogP contribution in [0.1, 0.15) is 83.5 Å². The molecule has 0 bridgehead atoms. The van der Waals surface area contributed by atoms with E-state index >= 15 is 0 Å². The van der Waals surface area contributed by atoms with Gasteiger partial charge in [0, 0.05) is 50.4 Å². The number of aliphatic hydroxyl groups excluding tert-OH is 2. The Bertz CT molecular complexity index is 482. The Hall–Kier alpha value is 0.800. The van der Waals surface area contributed by atoms with E-state index in [1.165, 1.54) is 132 Å². The van der Waals surface area contributed by atoms with E-state index in [4.69, 9.17) is 0 Å². The number of fused-ring (bicyclic) bond motifs is 2. The molecule has 6 heteroatoms. The number of halogens is 2. The number of hydrogen-bond acceptors (Lipinski definition) is 2. The Labute approximate surface area is 212 Å².